The van der Waals surface area contributed by atoms with E-state index in [0.717, 1.165) is 0 Å². The molecule has 16 nitrogen and oxygen atoms in total. The van der Waals surface area contributed by atoms with E-state index in [0.29, 0.717) is 48.1 Å². The van der Waals surface area contributed by atoms with Gasteiger partial charge in [0.1, 0.15) is 20.2 Å². The van der Waals surface area contributed by atoms with Gasteiger partial charge in [0.2, 0.25) is 0 Å². The summed E-state index contributed by atoms with van der Waals surface area (Å²) in [5.41, 5.74) is -2.69. The number of carbonyl (C=O) groups excluding carboxylic acids is 6. The van der Waals surface area contributed by atoms with Crippen LogP contribution in [0.3, 0.4) is 0 Å². The fourth-order valence-corrected chi connectivity index (χ4v) is 9.37. The third kappa shape index (κ3) is 7.24. The summed E-state index contributed by atoms with van der Waals surface area (Å²) >= 11 is 0. The number of nitrogens with one attached hydrogen (secondary N) is 3. The fourth-order valence-electron chi connectivity index (χ4n) is 8.38. The summed E-state index contributed by atoms with van der Waals surface area (Å²) in [6.07, 6.45) is 0. The van der Waals surface area contributed by atoms with Crippen LogP contribution in [0.15, 0.2) is 182 Å². The van der Waals surface area contributed by atoms with E-state index < -0.39 is 80.4 Å². The molecule has 326 valence electrons. The molecule has 3 fully saturated rings. The predicted molar refractivity (Wildman–Crippen MR) is 233 cm³/mol. The number of imide groups is 3. The van der Waals surface area contributed by atoms with Gasteiger partial charge in [-0.2, -0.15) is 0 Å². The first-order valence-corrected chi connectivity index (χ1v) is 21.8. The maximum absolute atomic E-state index is 15.0. The molecule has 0 radical (unpaired) electrons. The summed E-state index contributed by atoms with van der Waals surface area (Å²) in [4.78, 5) is 86.9. The number of carbonyl (C=O) groups is 6. The highest BCUT2D eigenvalue weighted by Gasteiger charge is 2.57. The molecule has 65 heavy (non-hydrogen) atoms. The molecule has 0 spiro atoms. The third-order valence-electron chi connectivity index (χ3n) is 11.6. The molecule has 0 bridgehead atoms. The zero-order valence-corrected chi connectivity index (χ0v) is 35.2. The number of hydrogen-bond donors (Lipinski definition) is 3. The van der Waals surface area contributed by atoms with Crippen molar-refractivity contribution in [3.63, 3.8) is 0 Å². The lowest BCUT2D eigenvalue weighted by atomic mass is 9.83. The normalized spacial score (nSPS) is 17.6. The van der Waals surface area contributed by atoms with Gasteiger partial charge in [-0.05, 0) is 33.4 Å². The van der Waals surface area contributed by atoms with Crippen LogP contribution in [0.5, 0.6) is 0 Å². The summed E-state index contributed by atoms with van der Waals surface area (Å²) in [6.45, 7) is -3.13. The molecule has 17 heteroatoms. The van der Waals surface area contributed by atoms with E-state index in [-0.39, 0.29) is 0 Å². The summed E-state index contributed by atoms with van der Waals surface area (Å²) in [7, 11) is -5.21. The summed E-state index contributed by atoms with van der Waals surface area (Å²) in [6, 6.07) is 48.1. The van der Waals surface area contributed by atoms with Gasteiger partial charge in [-0.1, -0.05) is 182 Å². The van der Waals surface area contributed by atoms with E-state index in [9.17, 15) is 33.3 Å². The Kier molecular flexibility index (Phi) is 11.2. The molecular formula is C48H39N6O10P. The smallest absolute Gasteiger partial charge is 0.315 e. The second-order valence-electron chi connectivity index (χ2n) is 15.2. The highest BCUT2D eigenvalue weighted by molar-refractivity contribution is 7.48. The van der Waals surface area contributed by atoms with E-state index >= 15 is 0 Å². The van der Waals surface area contributed by atoms with Crippen LogP contribution in [0.1, 0.15) is 33.4 Å². The number of amides is 9. The number of rotatable bonds is 15. The van der Waals surface area contributed by atoms with Crippen molar-refractivity contribution in [3.8, 4) is 0 Å². The van der Waals surface area contributed by atoms with Crippen LogP contribution in [0.4, 0.5) is 14.4 Å². The quantitative estimate of drug-likeness (QED) is 0.0757. The number of hydrogen-bond acceptors (Lipinski definition) is 10. The molecule has 3 saturated heterocycles. The Morgan fingerprint density at radius 2 is 0.523 bits per heavy atom. The lowest BCUT2D eigenvalue weighted by Gasteiger charge is -2.29. The van der Waals surface area contributed by atoms with Gasteiger partial charge in [0.25, 0.3) is 17.7 Å². The Hall–Kier alpha value is -7.75. The summed E-state index contributed by atoms with van der Waals surface area (Å²) in [5.74, 6) is -2.41. The van der Waals surface area contributed by atoms with Crippen molar-refractivity contribution < 1.29 is 46.9 Å². The molecule has 0 atom stereocenters. The SMILES string of the molecule is O=C1NC(c2ccccc2)(c2ccccc2)C(=O)N1COP(=O)(OCN1C(=O)NC(c2ccccc2)(c2ccccc2)C1=O)OCN1C(=O)NC(c2ccccc2)(c2ccccc2)C1=O. The second kappa shape index (κ2) is 17.1. The van der Waals surface area contributed by atoms with Gasteiger partial charge in [0.05, 0.1) is 0 Å². The van der Waals surface area contributed by atoms with E-state index in [2.05, 4.69) is 16.0 Å². The van der Waals surface area contributed by atoms with Crippen LogP contribution < -0.4 is 16.0 Å². The molecule has 3 aliphatic rings. The van der Waals surface area contributed by atoms with E-state index in [1.54, 1.807) is 182 Å². The van der Waals surface area contributed by atoms with Gasteiger partial charge in [-0.15, -0.1) is 0 Å². The number of benzene rings is 6. The number of nitrogens with zero attached hydrogens (tertiary/aromatic N) is 3. The van der Waals surface area contributed by atoms with Crippen molar-refractivity contribution in [3.05, 3.63) is 215 Å². The molecule has 0 aliphatic carbocycles. The molecule has 6 aromatic rings. The predicted octanol–water partition coefficient (Wildman–Crippen LogP) is 6.50. The molecule has 0 aromatic heterocycles. The number of urea groups is 3. The van der Waals surface area contributed by atoms with Crippen LogP contribution in [0.2, 0.25) is 0 Å². The first-order valence-electron chi connectivity index (χ1n) is 20.3. The number of phosphoric ester groups is 1. The Balaban J connectivity index is 1.03. The van der Waals surface area contributed by atoms with Gasteiger partial charge in [0, 0.05) is 0 Å². The first-order chi connectivity index (χ1) is 31.5. The summed E-state index contributed by atoms with van der Waals surface area (Å²) in [5, 5.41) is 8.30. The minimum absolute atomic E-state index is 0.417. The van der Waals surface area contributed by atoms with Crippen molar-refractivity contribution >= 4 is 43.6 Å². The highest BCUT2D eigenvalue weighted by Crippen LogP contribution is 2.51. The van der Waals surface area contributed by atoms with Crippen molar-refractivity contribution in [2.45, 2.75) is 16.6 Å². The van der Waals surface area contributed by atoms with Gasteiger partial charge < -0.3 is 16.0 Å². The molecule has 0 saturated carbocycles. The zero-order valence-electron chi connectivity index (χ0n) is 34.3. The number of phosphoric acid groups is 1. The lowest BCUT2D eigenvalue weighted by molar-refractivity contribution is -0.132. The van der Waals surface area contributed by atoms with Crippen LogP contribution in [0.25, 0.3) is 0 Å². The first kappa shape index (κ1) is 42.5. The Labute approximate surface area is 372 Å². The van der Waals surface area contributed by atoms with Crippen molar-refractivity contribution in [1.29, 1.82) is 0 Å². The van der Waals surface area contributed by atoms with Crippen LogP contribution in [-0.2, 0) is 49.1 Å². The lowest BCUT2D eigenvalue weighted by Crippen LogP contribution is -2.45. The maximum atomic E-state index is 15.0. The Morgan fingerprint density at radius 1 is 0.338 bits per heavy atom. The zero-order chi connectivity index (χ0) is 45.2. The van der Waals surface area contributed by atoms with E-state index in [1.807, 2.05) is 0 Å². The topological polar surface area (TPSA) is 193 Å². The largest absolute Gasteiger partial charge is 0.480 e. The van der Waals surface area contributed by atoms with Crippen LogP contribution in [-0.4, -0.2) is 70.7 Å². The van der Waals surface area contributed by atoms with E-state index in [4.69, 9.17) is 13.6 Å². The molecule has 3 N–H and O–H groups in total. The van der Waals surface area contributed by atoms with Gasteiger partial charge in [-0.3, -0.25) is 28.0 Å². The van der Waals surface area contributed by atoms with Crippen LogP contribution in [0, 0.1) is 0 Å². The molecular weight excluding hydrogens is 852 g/mol. The Morgan fingerprint density at radius 3 is 0.708 bits per heavy atom. The Bertz CT molecular complexity index is 2400. The van der Waals surface area contributed by atoms with Crippen molar-refractivity contribution in [1.82, 2.24) is 30.7 Å². The standard InChI is InChI=1S/C48H39N6O10P/c55-40-46(34-19-7-1-8-20-34,35-21-9-2-10-22-35)49-43(58)52(40)31-62-65(61,63-32-53-41(56)47(50-44(53)59,36-23-11-3-12-24-36)37-25-13-4-14-26-37)64-33-54-42(57)48(51-45(54)60,38-27-15-5-16-28-38)39-29-17-6-18-30-39/h1-30H,31-33H2,(H,49,58)(H,50,59)(H,51,60). The molecule has 9 amide bonds. The highest BCUT2D eigenvalue weighted by atomic mass is 31.2. The minimum Gasteiger partial charge on any atom is -0.315 e. The molecule has 6 aromatic carbocycles. The van der Waals surface area contributed by atoms with Gasteiger partial charge in [0.15, 0.2) is 16.6 Å². The molecule has 3 heterocycles. The van der Waals surface area contributed by atoms with Gasteiger partial charge >= 0.3 is 25.9 Å². The molecule has 9 rings (SSSR count). The maximum Gasteiger partial charge on any atom is 0.480 e. The van der Waals surface area contributed by atoms with E-state index in [1.165, 1.54) is 0 Å². The average molecular weight is 891 g/mol. The van der Waals surface area contributed by atoms with Crippen molar-refractivity contribution in [2.24, 2.45) is 0 Å². The average Bonchev–Trinajstić information content (AvgIpc) is 3.89. The van der Waals surface area contributed by atoms with Gasteiger partial charge in [-0.25, -0.2) is 33.6 Å². The fraction of sp³-hybridized carbons (Fsp3) is 0.125. The van der Waals surface area contributed by atoms with Crippen molar-refractivity contribution in [2.75, 3.05) is 20.2 Å². The second-order valence-corrected chi connectivity index (χ2v) is 16.8. The summed E-state index contributed by atoms with van der Waals surface area (Å²) < 4.78 is 32.2. The minimum atomic E-state index is -5.21. The monoisotopic (exact) mass is 890 g/mol. The third-order valence-corrected chi connectivity index (χ3v) is 12.9. The molecule has 3 aliphatic heterocycles. The molecule has 0 unspecified atom stereocenters. The van der Waals surface area contributed by atoms with Crippen LogP contribution >= 0.6 is 7.82 Å².